The third-order valence-corrected chi connectivity index (χ3v) is 4.69. The van der Waals surface area contributed by atoms with Gasteiger partial charge in [0.2, 0.25) is 4.96 Å². The SMILES string of the molecule is Cc1cc(C(=O)OCc2nn3c(=O)cc(C)nc3s2)c2ccccc2n1. The van der Waals surface area contributed by atoms with Crippen molar-refractivity contribution in [2.45, 2.75) is 20.5 Å². The molecule has 4 rings (SSSR count). The fourth-order valence-electron chi connectivity index (χ4n) is 2.70. The summed E-state index contributed by atoms with van der Waals surface area (Å²) in [4.78, 5) is 33.6. The highest BCUT2D eigenvalue weighted by Crippen LogP contribution is 2.20. The van der Waals surface area contributed by atoms with E-state index < -0.39 is 5.97 Å². The van der Waals surface area contributed by atoms with Crippen LogP contribution in [-0.4, -0.2) is 25.6 Å². The first kappa shape index (κ1) is 16.3. The second-order valence-electron chi connectivity index (χ2n) is 5.83. The number of benzene rings is 1. The van der Waals surface area contributed by atoms with Crippen molar-refractivity contribution in [2.24, 2.45) is 0 Å². The van der Waals surface area contributed by atoms with E-state index in [1.165, 1.54) is 21.9 Å². The molecule has 7 nitrogen and oxygen atoms in total. The highest BCUT2D eigenvalue weighted by atomic mass is 32.1. The quantitative estimate of drug-likeness (QED) is 0.518. The second kappa shape index (κ2) is 6.30. The summed E-state index contributed by atoms with van der Waals surface area (Å²) in [5, 5.41) is 5.41. The first-order chi connectivity index (χ1) is 12.5. The van der Waals surface area contributed by atoms with E-state index in [9.17, 15) is 9.59 Å². The monoisotopic (exact) mass is 366 g/mol. The minimum Gasteiger partial charge on any atom is -0.455 e. The summed E-state index contributed by atoms with van der Waals surface area (Å²) in [5.41, 5.74) is 2.31. The Morgan fingerprint density at radius 2 is 1.92 bits per heavy atom. The maximum atomic E-state index is 12.6. The van der Waals surface area contributed by atoms with Crippen LogP contribution in [0.15, 0.2) is 41.2 Å². The molecule has 0 aliphatic carbocycles. The molecule has 0 aliphatic rings. The number of hydrogen-bond donors (Lipinski definition) is 0. The number of esters is 1. The van der Waals surface area contributed by atoms with Gasteiger partial charge in [-0.1, -0.05) is 29.5 Å². The van der Waals surface area contributed by atoms with Crippen LogP contribution in [0.1, 0.15) is 26.8 Å². The van der Waals surface area contributed by atoms with Crippen LogP contribution < -0.4 is 5.56 Å². The van der Waals surface area contributed by atoms with Crippen molar-refractivity contribution < 1.29 is 9.53 Å². The number of rotatable bonds is 3. The summed E-state index contributed by atoms with van der Waals surface area (Å²) >= 11 is 1.22. The number of aryl methyl sites for hydroxylation is 2. The lowest BCUT2D eigenvalue weighted by atomic mass is 10.1. The molecule has 0 unspecified atom stereocenters. The number of ether oxygens (including phenoxy) is 1. The smallest absolute Gasteiger partial charge is 0.339 e. The Bertz CT molecular complexity index is 1210. The van der Waals surface area contributed by atoms with Crippen molar-refractivity contribution in [3.8, 4) is 0 Å². The van der Waals surface area contributed by atoms with Crippen LogP contribution in [0, 0.1) is 13.8 Å². The number of carbonyl (C=O) groups is 1. The molecule has 0 bridgehead atoms. The predicted octanol–water partition coefficient (Wildman–Crippen LogP) is 2.67. The molecule has 0 radical (unpaired) electrons. The van der Waals surface area contributed by atoms with Crippen molar-refractivity contribution in [3.05, 3.63) is 68.7 Å². The van der Waals surface area contributed by atoms with Crippen LogP contribution in [0.2, 0.25) is 0 Å². The van der Waals surface area contributed by atoms with E-state index in [0.717, 1.165) is 16.6 Å². The van der Waals surface area contributed by atoms with Gasteiger partial charge in [0, 0.05) is 22.8 Å². The first-order valence-corrected chi connectivity index (χ1v) is 8.73. The van der Waals surface area contributed by atoms with Crippen molar-refractivity contribution >= 4 is 33.2 Å². The van der Waals surface area contributed by atoms with Gasteiger partial charge in [-0.25, -0.2) is 9.78 Å². The minimum atomic E-state index is -0.456. The summed E-state index contributed by atoms with van der Waals surface area (Å²) < 4.78 is 6.63. The summed E-state index contributed by atoms with van der Waals surface area (Å²) in [6.45, 7) is 3.55. The molecule has 130 valence electrons. The maximum Gasteiger partial charge on any atom is 0.339 e. The predicted molar refractivity (Wildman–Crippen MR) is 97.5 cm³/mol. The average Bonchev–Trinajstić information content (AvgIpc) is 3.02. The molecule has 4 aromatic rings. The van der Waals surface area contributed by atoms with E-state index in [-0.39, 0.29) is 12.2 Å². The van der Waals surface area contributed by atoms with Crippen molar-refractivity contribution in [1.82, 2.24) is 19.6 Å². The third kappa shape index (κ3) is 2.95. The van der Waals surface area contributed by atoms with Crippen LogP contribution in [0.5, 0.6) is 0 Å². The topological polar surface area (TPSA) is 86.5 Å². The Balaban J connectivity index is 1.62. The van der Waals surface area contributed by atoms with Crippen molar-refractivity contribution in [2.75, 3.05) is 0 Å². The number of carbonyl (C=O) groups excluding carboxylic acids is 1. The molecule has 0 atom stereocenters. The Labute approximate surface area is 151 Å². The van der Waals surface area contributed by atoms with Gasteiger partial charge >= 0.3 is 5.97 Å². The van der Waals surface area contributed by atoms with Crippen LogP contribution in [-0.2, 0) is 11.3 Å². The average molecular weight is 366 g/mol. The molecule has 0 saturated carbocycles. The molecular weight excluding hydrogens is 352 g/mol. The number of para-hydroxylation sites is 1. The summed E-state index contributed by atoms with van der Waals surface area (Å²) in [6.07, 6.45) is 0. The van der Waals surface area contributed by atoms with Crippen LogP contribution >= 0.6 is 11.3 Å². The maximum absolute atomic E-state index is 12.6. The third-order valence-electron chi connectivity index (χ3n) is 3.81. The van der Waals surface area contributed by atoms with Gasteiger partial charge in [0.25, 0.3) is 5.56 Å². The summed E-state index contributed by atoms with van der Waals surface area (Å²) in [5.74, 6) is -0.456. The Morgan fingerprint density at radius 1 is 1.15 bits per heavy atom. The largest absolute Gasteiger partial charge is 0.455 e. The van der Waals surface area contributed by atoms with Gasteiger partial charge < -0.3 is 4.74 Å². The number of nitrogens with zero attached hydrogens (tertiary/aromatic N) is 4. The molecule has 8 heteroatoms. The van der Waals surface area contributed by atoms with Gasteiger partial charge in [0.05, 0.1) is 11.1 Å². The van der Waals surface area contributed by atoms with E-state index >= 15 is 0 Å². The first-order valence-electron chi connectivity index (χ1n) is 7.91. The summed E-state index contributed by atoms with van der Waals surface area (Å²) in [6, 6.07) is 10.5. The molecular formula is C18H14N4O3S. The molecule has 0 saturated heterocycles. The minimum absolute atomic E-state index is 0.0267. The zero-order chi connectivity index (χ0) is 18.3. The molecule has 0 aliphatic heterocycles. The van der Waals surface area contributed by atoms with Gasteiger partial charge in [0.1, 0.15) is 6.61 Å². The molecule has 26 heavy (non-hydrogen) atoms. The molecule has 3 heterocycles. The second-order valence-corrected chi connectivity index (χ2v) is 6.87. The van der Waals surface area contributed by atoms with Crippen molar-refractivity contribution in [3.63, 3.8) is 0 Å². The van der Waals surface area contributed by atoms with Crippen molar-refractivity contribution in [1.29, 1.82) is 0 Å². The van der Waals surface area contributed by atoms with Crippen LogP contribution in [0.4, 0.5) is 0 Å². The van der Waals surface area contributed by atoms with Crippen LogP contribution in [0.25, 0.3) is 15.9 Å². The molecule has 3 aromatic heterocycles. The zero-order valence-electron chi connectivity index (χ0n) is 14.1. The molecule has 0 N–H and O–H groups in total. The molecule has 1 aromatic carbocycles. The van der Waals surface area contributed by atoms with E-state index in [0.29, 0.717) is 21.2 Å². The Morgan fingerprint density at radius 3 is 2.77 bits per heavy atom. The van der Waals surface area contributed by atoms with Gasteiger partial charge in [-0.05, 0) is 26.0 Å². The normalized spacial score (nSPS) is 11.2. The number of aromatic nitrogens is 4. The fourth-order valence-corrected chi connectivity index (χ4v) is 3.56. The van der Waals surface area contributed by atoms with E-state index in [4.69, 9.17) is 4.74 Å². The molecule has 0 amide bonds. The standard InChI is InChI=1S/C18H14N4O3S/c1-10-7-13(12-5-3-4-6-14(12)19-10)17(24)25-9-15-21-22-16(23)8-11(2)20-18(22)26-15/h3-8H,9H2,1-2H3. The number of hydrogen-bond acceptors (Lipinski definition) is 7. The van der Waals surface area contributed by atoms with E-state index in [1.807, 2.05) is 31.2 Å². The Hall–Kier alpha value is -3.13. The fraction of sp³-hybridized carbons (Fsp3) is 0.167. The summed E-state index contributed by atoms with van der Waals surface area (Å²) in [7, 11) is 0. The van der Waals surface area contributed by atoms with Gasteiger partial charge in [-0.3, -0.25) is 9.78 Å². The number of pyridine rings is 1. The number of fused-ring (bicyclic) bond motifs is 2. The van der Waals surface area contributed by atoms with Crippen LogP contribution in [0.3, 0.4) is 0 Å². The highest BCUT2D eigenvalue weighted by molar-refractivity contribution is 7.16. The lowest BCUT2D eigenvalue weighted by Gasteiger charge is -2.07. The van der Waals surface area contributed by atoms with Gasteiger partial charge in [0.15, 0.2) is 5.01 Å². The lowest BCUT2D eigenvalue weighted by Crippen LogP contribution is -2.14. The van der Waals surface area contributed by atoms with E-state index in [1.54, 1.807) is 13.0 Å². The van der Waals surface area contributed by atoms with Gasteiger partial charge in [-0.15, -0.1) is 0 Å². The van der Waals surface area contributed by atoms with Gasteiger partial charge in [-0.2, -0.15) is 9.61 Å². The van der Waals surface area contributed by atoms with E-state index in [2.05, 4.69) is 15.1 Å². The molecule has 0 fully saturated rings. The lowest BCUT2D eigenvalue weighted by molar-refractivity contribution is 0.0473. The Kier molecular flexibility index (Phi) is 3.96. The zero-order valence-corrected chi connectivity index (χ0v) is 14.9. The molecule has 0 spiro atoms. The highest BCUT2D eigenvalue weighted by Gasteiger charge is 2.15.